The van der Waals surface area contributed by atoms with Gasteiger partial charge in [0.2, 0.25) is 0 Å². The standard InChI is InChI=1S/C8H12N2O/c1-3-4-10-6-9-5-8(10)7(2)11/h5-6H,3-4H2,1-2H3. The Balaban J connectivity index is 2.87. The van der Waals surface area contributed by atoms with Gasteiger partial charge in [-0.15, -0.1) is 0 Å². The highest BCUT2D eigenvalue weighted by molar-refractivity contribution is 5.92. The normalized spacial score (nSPS) is 10.0. The Kier molecular flexibility index (Phi) is 2.41. The lowest BCUT2D eigenvalue weighted by Gasteiger charge is -2.01. The number of nitrogens with zero attached hydrogens (tertiary/aromatic N) is 2. The Hall–Kier alpha value is -1.12. The maximum Gasteiger partial charge on any atom is 0.177 e. The minimum atomic E-state index is 0.0796. The number of carbonyl (C=O) groups excluding carboxylic acids is 1. The van der Waals surface area contributed by atoms with Crippen molar-refractivity contribution >= 4 is 5.78 Å². The highest BCUT2D eigenvalue weighted by atomic mass is 16.1. The molecule has 0 N–H and O–H groups in total. The number of carbonyl (C=O) groups is 1. The van der Waals surface area contributed by atoms with Gasteiger partial charge in [-0.2, -0.15) is 0 Å². The molecular formula is C8H12N2O. The monoisotopic (exact) mass is 152 g/mol. The van der Waals surface area contributed by atoms with E-state index in [0.717, 1.165) is 13.0 Å². The highest BCUT2D eigenvalue weighted by Crippen LogP contribution is 2.00. The van der Waals surface area contributed by atoms with E-state index < -0.39 is 0 Å². The van der Waals surface area contributed by atoms with Crippen LogP contribution in [0.1, 0.15) is 30.8 Å². The number of imidazole rings is 1. The van der Waals surface area contributed by atoms with Gasteiger partial charge in [0.05, 0.1) is 12.5 Å². The number of aromatic nitrogens is 2. The second kappa shape index (κ2) is 3.32. The molecular weight excluding hydrogens is 140 g/mol. The molecule has 1 aromatic rings. The Morgan fingerprint density at radius 3 is 3.00 bits per heavy atom. The van der Waals surface area contributed by atoms with Crippen LogP contribution in [0.15, 0.2) is 12.5 Å². The van der Waals surface area contributed by atoms with Crippen LogP contribution in [0.5, 0.6) is 0 Å². The van der Waals surface area contributed by atoms with Crippen molar-refractivity contribution in [2.45, 2.75) is 26.8 Å². The lowest BCUT2D eigenvalue weighted by atomic mass is 10.3. The molecule has 0 amide bonds. The SMILES string of the molecule is CCCn1cncc1C(C)=O. The van der Waals surface area contributed by atoms with Crippen LogP contribution >= 0.6 is 0 Å². The molecule has 3 heteroatoms. The fourth-order valence-electron chi connectivity index (χ4n) is 1.03. The zero-order valence-corrected chi connectivity index (χ0v) is 6.87. The summed E-state index contributed by atoms with van der Waals surface area (Å²) in [4.78, 5) is 14.8. The van der Waals surface area contributed by atoms with Crippen LogP contribution in [-0.2, 0) is 6.54 Å². The molecule has 0 fully saturated rings. The molecule has 0 spiro atoms. The van der Waals surface area contributed by atoms with Gasteiger partial charge >= 0.3 is 0 Å². The lowest BCUT2D eigenvalue weighted by Crippen LogP contribution is -2.04. The van der Waals surface area contributed by atoms with Crippen LogP contribution in [-0.4, -0.2) is 15.3 Å². The van der Waals surface area contributed by atoms with Gasteiger partial charge in [0, 0.05) is 13.5 Å². The van der Waals surface area contributed by atoms with Crippen molar-refractivity contribution in [2.24, 2.45) is 0 Å². The van der Waals surface area contributed by atoms with Crippen molar-refractivity contribution in [3.63, 3.8) is 0 Å². The molecule has 0 saturated heterocycles. The summed E-state index contributed by atoms with van der Waals surface area (Å²) in [5.74, 6) is 0.0796. The number of hydrogen-bond donors (Lipinski definition) is 0. The van der Waals surface area contributed by atoms with Crippen molar-refractivity contribution in [2.75, 3.05) is 0 Å². The number of Topliss-reactive ketones (excluding diaryl/α,β-unsaturated/α-hetero) is 1. The Labute approximate surface area is 66.1 Å². The first kappa shape index (κ1) is 7.98. The molecule has 1 rings (SSSR count). The third-order valence-electron chi connectivity index (χ3n) is 1.54. The van der Waals surface area contributed by atoms with E-state index in [1.165, 1.54) is 0 Å². The molecule has 0 saturated carbocycles. The van der Waals surface area contributed by atoms with E-state index in [1.807, 2.05) is 4.57 Å². The molecule has 0 aliphatic heterocycles. The summed E-state index contributed by atoms with van der Waals surface area (Å²) in [5.41, 5.74) is 0.701. The summed E-state index contributed by atoms with van der Waals surface area (Å²) < 4.78 is 1.88. The molecule has 0 aromatic carbocycles. The third kappa shape index (κ3) is 1.67. The zero-order valence-electron chi connectivity index (χ0n) is 6.87. The number of aryl methyl sites for hydroxylation is 1. The highest BCUT2D eigenvalue weighted by Gasteiger charge is 2.04. The minimum Gasteiger partial charge on any atom is -0.328 e. The quantitative estimate of drug-likeness (QED) is 0.615. The van der Waals surface area contributed by atoms with E-state index >= 15 is 0 Å². The molecule has 0 radical (unpaired) electrons. The first-order chi connectivity index (χ1) is 5.25. The predicted octanol–water partition coefficient (Wildman–Crippen LogP) is 1.50. The molecule has 0 unspecified atom stereocenters. The van der Waals surface area contributed by atoms with E-state index in [1.54, 1.807) is 19.4 Å². The molecule has 11 heavy (non-hydrogen) atoms. The van der Waals surface area contributed by atoms with Gasteiger partial charge in [0.1, 0.15) is 5.69 Å². The second-order valence-corrected chi connectivity index (χ2v) is 2.53. The molecule has 1 aromatic heterocycles. The van der Waals surface area contributed by atoms with Crippen LogP contribution in [0, 0.1) is 0 Å². The molecule has 1 heterocycles. The molecule has 0 bridgehead atoms. The van der Waals surface area contributed by atoms with E-state index in [2.05, 4.69) is 11.9 Å². The fraction of sp³-hybridized carbons (Fsp3) is 0.500. The minimum absolute atomic E-state index is 0.0796. The van der Waals surface area contributed by atoms with Crippen LogP contribution in [0.2, 0.25) is 0 Å². The van der Waals surface area contributed by atoms with Crippen molar-refractivity contribution in [3.8, 4) is 0 Å². The van der Waals surface area contributed by atoms with E-state index in [4.69, 9.17) is 0 Å². The zero-order chi connectivity index (χ0) is 8.27. The van der Waals surface area contributed by atoms with Crippen molar-refractivity contribution in [1.82, 2.24) is 9.55 Å². The van der Waals surface area contributed by atoms with Crippen molar-refractivity contribution in [3.05, 3.63) is 18.2 Å². The molecule has 0 aliphatic carbocycles. The summed E-state index contributed by atoms with van der Waals surface area (Å²) in [6, 6.07) is 0. The average Bonchev–Trinajstić information content (AvgIpc) is 2.36. The number of ketones is 1. The van der Waals surface area contributed by atoms with E-state index in [-0.39, 0.29) is 5.78 Å². The fourth-order valence-corrected chi connectivity index (χ4v) is 1.03. The van der Waals surface area contributed by atoms with Gasteiger partial charge in [-0.3, -0.25) is 4.79 Å². The van der Waals surface area contributed by atoms with Crippen molar-refractivity contribution < 1.29 is 4.79 Å². The van der Waals surface area contributed by atoms with Gasteiger partial charge < -0.3 is 4.57 Å². The summed E-state index contributed by atoms with van der Waals surface area (Å²) in [6.45, 7) is 4.50. The first-order valence-electron chi connectivity index (χ1n) is 3.76. The first-order valence-corrected chi connectivity index (χ1v) is 3.76. The summed E-state index contributed by atoms with van der Waals surface area (Å²) in [6.07, 6.45) is 4.33. The van der Waals surface area contributed by atoms with E-state index in [9.17, 15) is 4.79 Å². The lowest BCUT2D eigenvalue weighted by molar-refractivity contribution is 0.100. The summed E-state index contributed by atoms with van der Waals surface area (Å²) in [7, 11) is 0. The van der Waals surface area contributed by atoms with Gasteiger partial charge in [0.25, 0.3) is 0 Å². The average molecular weight is 152 g/mol. The predicted molar refractivity (Wildman–Crippen MR) is 42.5 cm³/mol. The van der Waals surface area contributed by atoms with Crippen LogP contribution < -0.4 is 0 Å². The number of rotatable bonds is 3. The largest absolute Gasteiger partial charge is 0.328 e. The Bertz CT molecular complexity index is 252. The van der Waals surface area contributed by atoms with Gasteiger partial charge in [-0.1, -0.05) is 6.92 Å². The smallest absolute Gasteiger partial charge is 0.177 e. The van der Waals surface area contributed by atoms with Gasteiger partial charge in [0.15, 0.2) is 5.78 Å². The van der Waals surface area contributed by atoms with E-state index in [0.29, 0.717) is 5.69 Å². The summed E-state index contributed by atoms with van der Waals surface area (Å²) in [5, 5.41) is 0. The Morgan fingerprint density at radius 2 is 2.45 bits per heavy atom. The van der Waals surface area contributed by atoms with Gasteiger partial charge in [-0.05, 0) is 6.42 Å². The molecule has 0 atom stereocenters. The Morgan fingerprint density at radius 1 is 1.73 bits per heavy atom. The van der Waals surface area contributed by atoms with Crippen LogP contribution in [0.25, 0.3) is 0 Å². The molecule has 0 aliphatic rings. The number of hydrogen-bond acceptors (Lipinski definition) is 2. The maximum absolute atomic E-state index is 10.9. The third-order valence-corrected chi connectivity index (χ3v) is 1.54. The topological polar surface area (TPSA) is 34.9 Å². The second-order valence-electron chi connectivity index (χ2n) is 2.53. The molecule has 3 nitrogen and oxygen atoms in total. The van der Waals surface area contributed by atoms with Crippen LogP contribution in [0.4, 0.5) is 0 Å². The summed E-state index contributed by atoms with van der Waals surface area (Å²) >= 11 is 0. The van der Waals surface area contributed by atoms with Crippen molar-refractivity contribution in [1.29, 1.82) is 0 Å². The van der Waals surface area contributed by atoms with Crippen LogP contribution in [0.3, 0.4) is 0 Å². The maximum atomic E-state index is 10.9. The molecule has 60 valence electrons. The van der Waals surface area contributed by atoms with Gasteiger partial charge in [-0.25, -0.2) is 4.98 Å².